The van der Waals surface area contributed by atoms with Gasteiger partial charge in [-0.15, -0.1) is 0 Å². The van der Waals surface area contributed by atoms with Crippen LogP contribution in [0.3, 0.4) is 0 Å². The summed E-state index contributed by atoms with van der Waals surface area (Å²) in [5.74, 6) is -4.95. The number of nitrogens with two attached hydrogens (primary N) is 1. The second-order valence-electron chi connectivity index (χ2n) is 5.71. The molecule has 0 spiro atoms. The topological polar surface area (TPSA) is 188 Å². The fraction of sp³-hybridized carbons (Fsp3) is 0.643. The highest BCUT2D eigenvalue weighted by Gasteiger charge is 2.30. The van der Waals surface area contributed by atoms with Gasteiger partial charge in [0.05, 0.1) is 12.5 Å². The molecule has 0 aromatic heterocycles. The smallest absolute Gasteiger partial charge is 0.326 e. The van der Waals surface area contributed by atoms with Crippen LogP contribution in [0.15, 0.2) is 0 Å². The van der Waals surface area contributed by atoms with Gasteiger partial charge in [0, 0.05) is 6.42 Å². The Balaban J connectivity index is 2.75. The number of primary amides is 1. The zero-order chi connectivity index (χ0) is 19.0. The summed E-state index contributed by atoms with van der Waals surface area (Å²) in [5, 5.41) is 25.1. The summed E-state index contributed by atoms with van der Waals surface area (Å²) < 4.78 is 0. The van der Waals surface area contributed by atoms with Gasteiger partial charge in [-0.05, 0) is 25.8 Å². The maximum atomic E-state index is 12.2. The molecule has 3 atom stereocenters. The summed E-state index contributed by atoms with van der Waals surface area (Å²) in [4.78, 5) is 57.0. The number of carbonyl (C=O) groups is 5. The number of aliphatic carboxylic acids is 2. The Labute approximate surface area is 143 Å². The summed E-state index contributed by atoms with van der Waals surface area (Å²) in [6.45, 7) is 0.663. The fourth-order valence-electron chi connectivity index (χ4n) is 2.38. The molecule has 25 heavy (non-hydrogen) atoms. The second kappa shape index (κ2) is 9.57. The van der Waals surface area contributed by atoms with Gasteiger partial charge in [0.25, 0.3) is 0 Å². The fourth-order valence-corrected chi connectivity index (χ4v) is 2.38. The minimum atomic E-state index is -1.65. The van der Waals surface area contributed by atoms with Gasteiger partial charge in [0.1, 0.15) is 12.1 Å². The molecule has 1 aliphatic heterocycles. The average molecular weight is 358 g/mol. The van der Waals surface area contributed by atoms with E-state index in [1.807, 2.05) is 0 Å². The zero-order valence-corrected chi connectivity index (χ0v) is 13.5. The Bertz CT molecular complexity index is 545. The van der Waals surface area contributed by atoms with Crippen LogP contribution in [-0.2, 0) is 24.0 Å². The van der Waals surface area contributed by atoms with Crippen molar-refractivity contribution in [3.05, 3.63) is 0 Å². The summed E-state index contributed by atoms with van der Waals surface area (Å²) >= 11 is 0. The Morgan fingerprint density at radius 3 is 2.28 bits per heavy atom. The van der Waals surface area contributed by atoms with Crippen molar-refractivity contribution < 1.29 is 34.2 Å². The second-order valence-corrected chi connectivity index (χ2v) is 5.71. The Kier molecular flexibility index (Phi) is 7.79. The number of rotatable bonds is 10. The molecule has 1 aliphatic rings. The van der Waals surface area contributed by atoms with Gasteiger partial charge in [0.2, 0.25) is 17.7 Å². The van der Waals surface area contributed by atoms with Gasteiger partial charge in [-0.1, -0.05) is 0 Å². The highest BCUT2D eigenvalue weighted by atomic mass is 16.4. The van der Waals surface area contributed by atoms with Crippen molar-refractivity contribution in [2.75, 3.05) is 6.54 Å². The molecule has 11 nitrogen and oxygen atoms in total. The molecule has 1 fully saturated rings. The van der Waals surface area contributed by atoms with Gasteiger partial charge in [-0.2, -0.15) is 0 Å². The van der Waals surface area contributed by atoms with E-state index in [1.54, 1.807) is 0 Å². The number of hydrogen-bond donors (Lipinski definition) is 6. The van der Waals surface area contributed by atoms with E-state index in [0.717, 1.165) is 6.42 Å². The number of carbonyl (C=O) groups excluding carboxylic acids is 3. The van der Waals surface area contributed by atoms with Crippen molar-refractivity contribution in [3.63, 3.8) is 0 Å². The minimum Gasteiger partial charge on any atom is -0.481 e. The summed E-state index contributed by atoms with van der Waals surface area (Å²) in [7, 11) is 0. The first-order valence-corrected chi connectivity index (χ1v) is 7.77. The molecule has 140 valence electrons. The Hall–Kier alpha value is -2.69. The molecular weight excluding hydrogens is 336 g/mol. The number of hydrogen-bond acceptors (Lipinski definition) is 6. The molecule has 0 aromatic rings. The molecular formula is C14H22N4O7. The first kappa shape index (κ1) is 20.4. The quantitative estimate of drug-likeness (QED) is 0.248. The van der Waals surface area contributed by atoms with Crippen LogP contribution in [-0.4, -0.2) is 64.5 Å². The van der Waals surface area contributed by atoms with Gasteiger partial charge in [0.15, 0.2) is 0 Å². The molecule has 0 aliphatic carbocycles. The van der Waals surface area contributed by atoms with E-state index in [1.165, 1.54) is 0 Å². The van der Waals surface area contributed by atoms with Crippen LogP contribution < -0.4 is 21.7 Å². The molecule has 0 saturated carbocycles. The minimum absolute atomic E-state index is 0.126. The summed E-state index contributed by atoms with van der Waals surface area (Å²) in [5.41, 5.74) is 5.04. The molecule has 7 N–H and O–H groups in total. The van der Waals surface area contributed by atoms with E-state index in [2.05, 4.69) is 16.0 Å². The normalized spacial score (nSPS) is 18.8. The van der Waals surface area contributed by atoms with Crippen LogP contribution in [0.4, 0.5) is 0 Å². The highest BCUT2D eigenvalue weighted by Crippen LogP contribution is 2.07. The van der Waals surface area contributed by atoms with E-state index in [0.29, 0.717) is 13.0 Å². The lowest BCUT2D eigenvalue weighted by molar-refractivity contribution is -0.147. The standard InChI is InChI=1S/C14H22N4O7/c15-10(19)4-3-8(17-12(22)7-2-1-5-16-7)13(23)18-9(14(24)25)6-11(20)21/h7-9,16H,1-6H2,(H2,15,19)(H,17,22)(H,18,23)(H,20,21)(H,24,25)/t7-,8-,9-/m0/s1. The van der Waals surface area contributed by atoms with Crippen molar-refractivity contribution >= 4 is 29.7 Å². The molecule has 3 amide bonds. The SMILES string of the molecule is NC(=O)CC[C@H](NC(=O)[C@@H]1CCCN1)C(=O)N[C@@H](CC(=O)O)C(=O)O. The van der Waals surface area contributed by atoms with Crippen LogP contribution in [0.1, 0.15) is 32.1 Å². The summed E-state index contributed by atoms with van der Waals surface area (Å²) in [6.07, 6.45) is 0.247. The largest absolute Gasteiger partial charge is 0.481 e. The van der Waals surface area contributed by atoms with E-state index in [4.69, 9.17) is 15.9 Å². The molecule has 0 unspecified atom stereocenters. The van der Waals surface area contributed by atoms with Gasteiger partial charge < -0.3 is 31.9 Å². The third-order valence-corrected chi connectivity index (χ3v) is 3.68. The van der Waals surface area contributed by atoms with E-state index in [-0.39, 0.29) is 12.8 Å². The van der Waals surface area contributed by atoms with Crippen molar-refractivity contribution in [1.82, 2.24) is 16.0 Å². The summed E-state index contributed by atoms with van der Waals surface area (Å²) in [6, 6.07) is -3.32. The van der Waals surface area contributed by atoms with E-state index in [9.17, 15) is 24.0 Å². The van der Waals surface area contributed by atoms with E-state index >= 15 is 0 Å². The van der Waals surface area contributed by atoms with Crippen molar-refractivity contribution in [1.29, 1.82) is 0 Å². The predicted molar refractivity (Wildman–Crippen MR) is 83.2 cm³/mol. The van der Waals surface area contributed by atoms with Crippen molar-refractivity contribution in [3.8, 4) is 0 Å². The number of carboxylic acids is 2. The molecule has 1 heterocycles. The lowest BCUT2D eigenvalue weighted by Crippen LogP contribution is -2.54. The van der Waals surface area contributed by atoms with Crippen LogP contribution >= 0.6 is 0 Å². The third-order valence-electron chi connectivity index (χ3n) is 3.68. The van der Waals surface area contributed by atoms with Crippen molar-refractivity contribution in [2.45, 2.75) is 50.2 Å². The Morgan fingerprint density at radius 2 is 1.80 bits per heavy atom. The first-order chi connectivity index (χ1) is 11.7. The molecule has 0 bridgehead atoms. The predicted octanol–water partition coefficient (Wildman–Crippen LogP) is -2.47. The van der Waals surface area contributed by atoms with Gasteiger partial charge in [-0.25, -0.2) is 4.79 Å². The highest BCUT2D eigenvalue weighted by molar-refractivity contribution is 5.93. The molecule has 11 heteroatoms. The van der Waals surface area contributed by atoms with Crippen LogP contribution in [0.5, 0.6) is 0 Å². The van der Waals surface area contributed by atoms with Gasteiger partial charge in [-0.3, -0.25) is 19.2 Å². The number of nitrogens with one attached hydrogen (secondary N) is 3. The Morgan fingerprint density at radius 1 is 1.12 bits per heavy atom. The monoisotopic (exact) mass is 358 g/mol. The van der Waals surface area contributed by atoms with Crippen molar-refractivity contribution in [2.24, 2.45) is 5.73 Å². The van der Waals surface area contributed by atoms with Crippen LogP contribution in [0, 0.1) is 0 Å². The maximum Gasteiger partial charge on any atom is 0.326 e. The van der Waals surface area contributed by atoms with Gasteiger partial charge >= 0.3 is 11.9 Å². The lowest BCUT2D eigenvalue weighted by Gasteiger charge is -2.22. The van der Waals surface area contributed by atoms with E-state index < -0.39 is 54.2 Å². The molecule has 1 saturated heterocycles. The number of carboxylic acid groups (broad SMARTS) is 2. The average Bonchev–Trinajstić information content (AvgIpc) is 3.04. The first-order valence-electron chi connectivity index (χ1n) is 7.77. The maximum absolute atomic E-state index is 12.2. The third kappa shape index (κ3) is 7.16. The molecule has 0 radical (unpaired) electrons. The molecule has 1 rings (SSSR count). The number of amides is 3. The van der Waals surface area contributed by atoms with Crippen LogP contribution in [0.2, 0.25) is 0 Å². The molecule has 0 aromatic carbocycles. The lowest BCUT2D eigenvalue weighted by atomic mass is 10.1. The zero-order valence-electron chi connectivity index (χ0n) is 13.5. The van der Waals surface area contributed by atoms with Crippen LogP contribution in [0.25, 0.3) is 0 Å².